The summed E-state index contributed by atoms with van der Waals surface area (Å²) in [7, 11) is 0. The summed E-state index contributed by atoms with van der Waals surface area (Å²) in [5.74, 6) is 4.60. The van der Waals surface area contributed by atoms with E-state index in [1.807, 2.05) is 4.98 Å². The normalized spacial score (nSPS) is 10.4. The van der Waals surface area contributed by atoms with Gasteiger partial charge in [-0.2, -0.15) is 0 Å². The molecule has 142 valence electrons. The van der Waals surface area contributed by atoms with Gasteiger partial charge in [0.25, 0.3) is 17.4 Å². The lowest BCUT2D eigenvalue weighted by Gasteiger charge is -2.17. The van der Waals surface area contributed by atoms with E-state index in [0.29, 0.717) is 10.7 Å². The molecule has 0 aliphatic carbocycles. The van der Waals surface area contributed by atoms with Crippen molar-refractivity contribution in [1.82, 2.24) is 9.97 Å². The van der Waals surface area contributed by atoms with Crippen molar-refractivity contribution in [3.05, 3.63) is 91.7 Å². The number of hydrazine groups is 1. The Morgan fingerprint density at radius 2 is 1.82 bits per heavy atom. The predicted molar refractivity (Wildman–Crippen MR) is 105 cm³/mol. The summed E-state index contributed by atoms with van der Waals surface area (Å²) in [6.45, 7) is 0. The molecule has 2 aromatic carbocycles. The number of carbonyl (C=O) groups is 2. The van der Waals surface area contributed by atoms with E-state index >= 15 is 0 Å². The first-order valence-electron chi connectivity index (χ1n) is 7.93. The number of aromatic nitrogens is 2. The minimum Gasteiger partial charge on any atom is -0.322 e. The molecule has 0 aliphatic rings. The summed E-state index contributed by atoms with van der Waals surface area (Å²) in [4.78, 5) is 51.7. The van der Waals surface area contributed by atoms with Crippen LogP contribution in [-0.4, -0.2) is 21.8 Å². The number of hydrogen-bond donors (Lipinski definition) is 4. The monoisotopic (exact) mass is 399 g/mol. The Morgan fingerprint density at radius 3 is 2.54 bits per heavy atom. The van der Waals surface area contributed by atoms with Gasteiger partial charge >= 0.3 is 5.69 Å². The molecule has 9 nitrogen and oxygen atoms in total. The summed E-state index contributed by atoms with van der Waals surface area (Å²) >= 11 is 5.91. The van der Waals surface area contributed by atoms with Crippen molar-refractivity contribution in [3.63, 3.8) is 0 Å². The quantitative estimate of drug-likeness (QED) is 0.299. The molecular weight excluding hydrogens is 386 g/mol. The fourth-order valence-electron chi connectivity index (χ4n) is 2.39. The van der Waals surface area contributed by atoms with Gasteiger partial charge in [0.05, 0.1) is 5.69 Å². The molecule has 0 saturated carbocycles. The van der Waals surface area contributed by atoms with E-state index < -0.39 is 23.1 Å². The van der Waals surface area contributed by atoms with E-state index in [9.17, 15) is 19.2 Å². The standard InChI is InChI=1S/C18H14ClN5O4/c19-11-4-2-6-13(8-11)24(20)17(27)10-3-1-5-12(7-10)22-15(25)14-9-21-18(28)23-16(14)26/h1-9H,20H2,(H,22,25)(H2,21,23,26,28). The average molecular weight is 400 g/mol. The van der Waals surface area contributed by atoms with Gasteiger partial charge in [-0.3, -0.25) is 19.4 Å². The maximum absolute atomic E-state index is 12.6. The van der Waals surface area contributed by atoms with E-state index in [1.54, 1.807) is 24.3 Å². The van der Waals surface area contributed by atoms with Crippen LogP contribution in [0.4, 0.5) is 11.4 Å². The molecule has 1 aromatic heterocycles. The number of H-pyrrole nitrogens is 2. The number of nitrogens with two attached hydrogens (primary N) is 1. The van der Waals surface area contributed by atoms with Crippen molar-refractivity contribution >= 4 is 34.8 Å². The van der Waals surface area contributed by atoms with Crippen LogP contribution >= 0.6 is 11.6 Å². The third-order valence-corrected chi connectivity index (χ3v) is 3.97. The van der Waals surface area contributed by atoms with Gasteiger partial charge in [0.2, 0.25) is 0 Å². The average Bonchev–Trinajstić information content (AvgIpc) is 2.67. The summed E-state index contributed by atoms with van der Waals surface area (Å²) in [5.41, 5.74) is -0.972. The largest absolute Gasteiger partial charge is 0.325 e. The number of rotatable bonds is 4. The molecule has 0 unspecified atom stereocenters. The van der Waals surface area contributed by atoms with Crippen molar-refractivity contribution in [2.45, 2.75) is 0 Å². The molecule has 0 atom stereocenters. The maximum Gasteiger partial charge on any atom is 0.325 e. The minimum atomic E-state index is -0.831. The highest BCUT2D eigenvalue weighted by Gasteiger charge is 2.16. The smallest absolute Gasteiger partial charge is 0.322 e. The number of nitrogens with zero attached hydrogens (tertiary/aromatic N) is 1. The number of aromatic amines is 2. The van der Waals surface area contributed by atoms with Crippen molar-refractivity contribution in [2.75, 3.05) is 10.3 Å². The summed E-state index contributed by atoms with van der Waals surface area (Å²) in [5, 5.41) is 3.84. The van der Waals surface area contributed by atoms with Crippen LogP contribution in [-0.2, 0) is 0 Å². The highest BCUT2D eigenvalue weighted by Crippen LogP contribution is 2.20. The first-order valence-corrected chi connectivity index (χ1v) is 8.31. The number of amides is 2. The highest BCUT2D eigenvalue weighted by atomic mass is 35.5. The third-order valence-electron chi connectivity index (χ3n) is 3.74. The van der Waals surface area contributed by atoms with Gasteiger partial charge in [0.1, 0.15) is 5.56 Å². The van der Waals surface area contributed by atoms with Gasteiger partial charge in [-0.05, 0) is 36.4 Å². The molecule has 10 heteroatoms. The maximum atomic E-state index is 12.6. The number of benzene rings is 2. The molecule has 5 N–H and O–H groups in total. The summed E-state index contributed by atoms with van der Waals surface area (Å²) < 4.78 is 0. The van der Waals surface area contributed by atoms with Crippen LogP contribution in [0.5, 0.6) is 0 Å². The Balaban J connectivity index is 1.81. The summed E-state index contributed by atoms with van der Waals surface area (Å²) in [6.07, 6.45) is 1.01. The minimum absolute atomic E-state index is 0.204. The SMILES string of the molecule is NN(C(=O)c1cccc(NC(=O)c2c[nH]c(=O)[nH]c2=O)c1)c1cccc(Cl)c1. The van der Waals surface area contributed by atoms with Gasteiger partial charge in [-0.15, -0.1) is 0 Å². The number of halogens is 1. The van der Waals surface area contributed by atoms with Crippen LogP contribution in [0.15, 0.2) is 64.3 Å². The number of anilines is 2. The second-order valence-corrected chi connectivity index (χ2v) is 6.11. The lowest BCUT2D eigenvalue weighted by molar-refractivity contribution is 0.0984. The Labute approximate surface area is 162 Å². The van der Waals surface area contributed by atoms with Crippen LogP contribution < -0.4 is 27.4 Å². The van der Waals surface area contributed by atoms with Crippen molar-refractivity contribution in [1.29, 1.82) is 0 Å². The zero-order valence-corrected chi connectivity index (χ0v) is 15.0. The molecule has 3 rings (SSSR count). The zero-order chi connectivity index (χ0) is 20.3. The van der Waals surface area contributed by atoms with Gasteiger partial charge in [-0.1, -0.05) is 23.7 Å². The molecule has 2 amide bonds. The molecule has 0 saturated heterocycles. The Bertz CT molecular complexity index is 1170. The number of nitrogens with one attached hydrogen (secondary N) is 3. The Hall–Kier alpha value is -3.69. The van der Waals surface area contributed by atoms with Gasteiger partial charge in [0, 0.05) is 22.5 Å². The first-order chi connectivity index (χ1) is 13.3. The Morgan fingerprint density at radius 1 is 1.07 bits per heavy atom. The molecule has 0 aliphatic heterocycles. The molecule has 28 heavy (non-hydrogen) atoms. The van der Waals surface area contributed by atoms with E-state index in [1.165, 1.54) is 24.3 Å². The van der Waals surface area contributed by atoms with Crippen molar-refractivity contribution in [2.24, 2.45) is 5.84 Å². The van der Waals surface area contributed by atoms with E-state index in [-0.39, 0.29) is 16.8 Å². The molecule has 3 aromatic rings. The highest BCUT2D eigenvalue weighted by molar-refractivity contribution is 6.31. The van der Waals surface area contributed by atoms with E-state index in [2.05, 4.69) is 10.3 Å². The van der Waals surface area contributed by atoms with Crippen LogP contribution in [0.3, 0.4) is 0 Å². The third kappa shape index (κ3) is 4.17. The molecule has 0 radical (unpaired) electrons. The van der Waals surface area contributed by atoms with Gasteiger partial charge in [0.15, 0.2) is 0 Å². The summed E-state index contributed by atoms with van der Waals surface area (Å²) in [6, 6.07) is 12.5. The van der Waals surface area contributed by atoms with E-state index in [4.69, 9.17) is 17.4 Å². The first kappa shape index (κ1) is 19.1. The molecular formula is C18H14ClN5O4. The molecule has 0 spiro atoms. The topological polar surface area (TPSA) is 141 Å². The van der Waals surface area contributed by atoms with Crippen molar-refractivity contribution < 1.29 is 9.59 Å². The zero-order valence-electron chi connectivity index (χ0n) is 14.2. The second kappa shape index (κ2) is 7.91. The van der Waals surface area contributed by atoms with Crippen LogP contribution in [0.1, 0.15) is 20.7 Å². The predicted octanol–water partition coefficient (Wildman–Crippen LogP) is 1.49. The van der Waals surface area contributed by atoms with Crippen LogP contribution in [0.25, 0.3) is 0 Å². The van der Waals surface area contributed by atoms with Crippen molar-refractivity contribution in [3.8, 4) is 0 Å². The molecule has 0 bridgehead atoms. The lowest BCUT2D eigenvalue weighted by Crippen LogP contribution is -2.37. The number of hydrogen-bond acceptors (Lipinski definition) is 5. The Kier molecular flexibility index (Phi) is 5.39. The van der Waals surface area contributed by atoms with Gasteiger partial charge in [-0.25, -0.2) is 15.6 Å². The van der Waals surface area contributed by atoms with E-state index in [0.717, 1.165) is 11.2 Å². The molecule has 1 heterocycles. The second-order valence-electron chi connectivity index (χ2n) is 5.68. The fourth-order valence-corrected chi connectivity index (χ4v) is 2.57. The number of carbonyl (C=O) groups excluding carboxylic acids is 2. The fraction of sp³-hybridized carbons (Fsp3) is 0. The van der Waals surface area contributed by atoms with Gasteiger partial charge < -0.3 is 10.3 Å². The van der Waals surface area contributed by atoms with Crippen LogP contribution in [0, 0.1) is 0 Å². The van der Waals surface area contributed by atoms with Crippen LogP contribution in [0.2, 0.25) is 5.02 Å². The molecule has 0 fully saturated rings. The lowest BCUT2D eigenvalue weighted by atomic mass is 10.1.